The summed E-state index contributed by atoms with van der Waals surface area (Å²) in [5, 5.41) is 4.59. The van der Waals surface area contributed by atoms with Gasteiger partial charge in [0.05, 0.1) is 12.6 Å². The summed E-state index contributed by atoms with van der Waals surface area (Å²) in [7, 11) is 1.71. The lowest BCUT2D eigenvalue weighted by molar-refractivity contribution is 0.166. The Bertz CT molecular complexity index is 445. The highest BCUT2D eigenvalue weighted by molar-refractivity contribution is 5.77. The summed E-state index contributed by atoms with van der Waals surface area (Å²) < 4.78 is 10.9. The number of methoxy groups -OCH3 is 1. The highest BCUT2D eigenvalue weighted by Crippen LogP contribution is 2.23. The van der Waals surface area contributed by atoms with E-state index < -0.39 is 0 Å². The van der Waals surface area contributed by atoms with Crippen molar-refractivity contribution < 1.29 is 9.15 Å². The maximum absolute atomic E-state index is 5.81. The van der Waals surface area contributed by atoms with Crippen molar-refractivity contribution in [3.8, 4) is 0 Å². The standard InChI is InChI=1S/C14H19NO2/c1-10(9-16-3)15-11(2)14-8-12-6-4-5-7-13(12)17-14/h4-8,10-11,15H,9H2,1-3H3. The van der Waals surface area contributed by atoms with Crippen LogP contribution in [0.5, 0.6) is 0 Å². The SMILES string of the molecule is COCC(C)NC(C)c1cc2ccccc2o1. The number of furan rings is 1. The van der Waals surface area contributed by atoms with Crippen molar-refractivity contribution >= 4 is 11.0 Å². The van der Waals surface area contributed by atoms with Gasteiger partial charge in [-0.05, 0) is 26.0 Å². The molecule has 2 aromatic rings. The molecule has 0 bridgehead atoms. The molecule has 1 heterocycles. The molecule has 1 aromatic heterocycles. The first-order valence-electron chi connectivity index (χ1n) is 5.94. The van der Waals surface area contributed by atoms with Gasteiger partial charge in [0.15, 0.2) is 0 Å². The maximum atomic E-state index is 5.81. The Morgan fingerprint density at radius 3 is 2.76 bits per heavy atom. The molecular weight excluding hydrogens is 214 g/mol. The first-order valence-corrected chi connectivity index (χ1v) is 5.94. The van der Waals surface area contributed by atoms with E-state index in [1.165, 1.54) is 0 Å². The average Bonchev–Trinajstić information content (AvgIpc) is 2.72. The average molecular weight is 233 g/mol. The zero-order chi connectivity index (χ0) is 12.3. The number of para-hydroxylation sites is 1. The minimum absolute atomic E-state index is 0.188. The van der Waals surface area contributed by atoms with E-state index >= 15 is 0 Å². The van der Waals surface area contributed by atoms with Crippen LogP contribution < -0.4 is 5.32 Å². The second kappa shape index (κ2) is 5.34. The number of hydrogen-bond donors (Lipinski definition) is 1. The van der Waals surface area contributed by atoms with Gasteiger partial charge < -0.3 is 14.5 Å². The van der Waals surface area contributed by atoms with E-state index in [1.54, 1.807) is 7.11 Å². The topological polar surface area (TPSA) is 34.4 Å². The highest BCUT2D eigenvalue weighted by atomic mass is 16.5. The Kier molecular flexibility index (Phi) is 3.82. The van der Waals surface area contributed by atoms with Crippen molar-refractivity contribution in [1.82, 2.24) is 5.32 Å². The summed E-state index contributed by atoms with van der Waals surface area (Å²) in [4.78, 5) is 0. The van der Waals surface area contributed by atoms with E-state index in [0.717, 1.165) is 16.7 Å². The van der Waals surface area contributed by atoms with Crippen LogP contribution >= 0.6 is 0 Å². The van der Waals surface area contributed by atoms with Crippen LogP contribution in [0, 0.1) is 0 Å². The van der Waals surface area contributed by atoms with Crippen LogP contribution in [-0.4, -0.2) is 19.8 Å². The molecule has 2 atom stereocenters. The van der Waals surface area contributed by atoms with Gasteiger partial charge in [0.25, 0.3) is 0 Å². The fourth-order valence-electron chi connectivity index (χ4n) is 2.02. The Hall–Kier alpha value is -1.32. The molecule has 0 saturated carbocycles. The molecule has 0 fully saturated rings. The zero-order valence-corrected chi connectivity index (χ0v) is 10.6. The number of nitrogens with one attached hydrogen (secondary N) is 1. The predicted molar refractivity (Wildman–Crippen MR) is 69.1 cm³/mol. The van der Waals surface area contributed by atoms with E-state index in [-0.39, 0.29) is 6.04 Å². The molecule has 92 valence electrons. The smallest absolute Gasteiger partial charge is 0.134 e. The van der Waals surface area contributed by atoms with Gasteiger partial charge in [-0.1, -0.05) is 18.2 Å². The molecule has 1 aromatic carbocycles. The first-order chi connectivity index (χ1) is 8.20. The van der Waals surface area contributed by atoms with Crippen molar-refractivity contribution in [2.24, 2.45) is 0 Å². The minimum atomic E-state index is 0.188. The number of benzene rings is 1. The van der Waals surface area contributed by atoms with Crippen LogP contribution in [0.3, 0.4) is 0 Å². The summed E-state index contributed by atoms with van der Waals surface area (Å²) in [6.07, 6.45) is 0. The van der Waals surface area contributed by atoms with E-state index in [4.69, 9.17) is 9.15 Å². The van der Waals surface area contributed by atoms with Crippen LogP contribution in [0.25, 0.3) is 11.0 Å². The molecule has 0 radical (unpaired) electrons. The molecular formula is C14H19NO2. The van der Waals surface area contributed by atoms with Crippen LogP contribution in [-0.2, 0) is 4.74 Å². The van der Waals surface area contributed by atoms with Gasteiger partial charge >= 0.3 is 0 Å². The van der Waals surface area contributed by atoms with Crippen LogP contribution in [0.15, 0.2) is 34.7 Å². The normalized spacial score (nSPS) is 15.0. The third-order valence-electron chi connectivity index (χ3n) is 2.82. The van der Waals surface area contributed by atoms with Crippen molar-refractivity contribution in [2.75, 3.05) is 13.7 Å². The van der Waals surface area contributed by atoms with E-state index in [1.807, 2.05) is 18.2 Å². The largest absolute Gasteiger partial charge is 0.459 e. The van der Waals surface area contributed by atoms with Gasteiger partial charge in [-0.3, -0.25) is 0 Å². The molecule has 3 heteroatoms. The number of hydrogen-bond acceptors (Lipinski definition) is 3. The van der Waals surface area contributed by atoms with Gasteiger partial charge in [0, 0.05) is 18.5 Å². The molecule has 0 aliphatic heterocycles. The molecule has 2 rings (SSSR count). The van der Waals surface area contributed by atoms with Gasteiger partial charge in [-0.2, -0.15) is 0 Å². The Balaban J connectivity index is 2.10. The summed E-state index contributed by atoms with van der Waals surface area (Å²) in [5.74, 6) is 0.967. The lowest BCUT2D eigenvalue weighted by atomic mass is 10.2. The second-order valence-corrected chi connectivity index (χ2v) is 4.43. The third kappa shape index (κ3) is 2.87. The monoisotopic (exact) mass is 233 g/mol. The third-order valence-corrected chi connectivity index (χ3v) is 2.82. The van der Waals surface area contributed by atoms with E-state index in [0.29, 0.717) is 12.6 Å². The van der Waals surface area contributed by atoms with Crippen molar-refractivity contribution in [1.29, 1.82) is 0 Å². The fourth-order valence-corrected chi connectivity index (χ4v) is 2.02. The van der Waals surface area contributed by atoms with Crippen molar-refractivity contribution in [2.45, 2.75) is 25.9 Å². The highest BCUT2D eigenvalue weighted by Gasteiger charge is 2.13. The Morgan fingerprint density at radius 1 is 1.29 bits per heavy atom. The molecule has 3 nitrogen and oxygen atoms in total. The molecule has 0 amide bonds. The lowest BCUT2D eigenvalue weighted by Gasteiger charge is -2.17. The zero-order valence-electron chi connectivity index (χ0n) is 10.6. The molecule has 1 N–H and O–H groups in total. The van der Waals surface area contributed by atoms with Gasteiger partial charge in [-0.15, -0.1) is 0 Å². The summed E-state index contributed by atoms with van der Waals surface area (Å²) in [6.45, 7) is 4.90. The maximum Gasteiger partial charge on any atom is 0.134 e. The number of rotatable bonds is 5. The Labute approximate surface area is 102 Å². The van der Waals surface area contributed by atoms with Gasteiger partial charge in [0.1, 0.15) is 11.3 Å². The quantitative estimate of drug-likeness (QED) is 0.861. The van der Waals surface area contributed by atoms with Gasteiger partial charge in [-0.25, -0.2) is 0 Å². The number of ether oxygens (including phenoxy) is 1. The van der Waals surface area contributed by atoms with Crippen LogP contribution in [0.2, 0.25) is 0 Å². The van der Waals surface area contributed by atoms with Crippen LogP contribution in [0.4, 0.5) is 0 Å². The van der Waals surface area contributed by atoms with Crippen molar-refractivity contribution in [3.63, 3.8) is 0 Å². The summed E-state index contributed by atoms with van der Waals surface area (Å²) >= 11 is 0. The first kappa shape index (κ1) is 12.1. The van der Waals surface area contributed by atoms with Gasteiger partial charge in [0.2, 0.25) is 0 Å². The van der Waals surface area contributed by atoms with E-state index in [9.17, 15) is 0 Å². The molecule has 2 unspecified atom stereocenters. The fraction of sp³-hybridized carbons (Fsp3) is 0.429. The minimum Gasteiger partial charge on any atom is -0.459 e. The lowest BCUT2D eigenvalue weighted by Crippen LogP contribution is -2.32. The second-order valence-electron chi connectivity index (χ2n) is 4.43. The van der Waals surface area contributed by atoms with Crippen molar-refractivity contribution in [3.05, 3.63) is 36.1 Å². The number of fused-ring (bicyclic) bond motifs is 1. The predicted octanol–water partition coefficient (Wildman–Crippen LogP) is 3.12. The molecule has 0 saturated heterocycles. The molecule has 0 spiro atoms. The summed E-state index contributed by atoms with van der Waals surface area (Å²) in [5.41, 5.74) is 0.940. The summed E-state index contributed by atoms with van der Waals surface area (Å²) in [6, 6.07) is 10.6. The molecule has 0 aliphatic rings. The van der Waals surface area contributed by atoms with E-state index in [2.05, 4.69) is 31.3 Å². The molecule has 17 heavy (non-hydrogen) atoms. The Morgan fingerprint density at radius 2 is 2.06 bits per heavy atom. The molecule has 0 aliphatic carbocycles. The van der Waals surface area contributed by atoms with Crippen LogP contribution in [0.1, 0.15) is 25.6 Å².